The van der Waals surface area contributed by atoms with Crippen molar-refractivity contribution in [2.75, 3.05) is 6.54 Å². The number of hydrogen-bond donors (Lipinski definition) is 1. The van der Waals surface area contributed by atoms with Gasteiger partial charge in [-0.15, -0.1) is 0 Å². The van der Waals surface area contributed by atoms with E-state index in [4.69, 9.17) is 0 Å². The first-order chi connectivity index (χ1) is 11.4. The predicted octanol–water partition coefficient (Wildman–Crippen LogP) is 5.41. The molecule has 1 amide bonds. The van der Waals surface area contributed by atoms with E-state index in [1.54, 1.807) is 0 Å². The van der Waals surface area contributed by atoms with Gasteiger partial charge >= 0.3 is 24.2 Å². The van der Waals surface area contributed by atoms with Crippen molar-refractivity contribution in [2.45, 2.75) is 82.5 Å². The minimum Gasteiger partial charge on any atom is -0.351 e. The van der Waals surface area contributed by atoms with Crippen LogP contribution < -0.4 is 5.32 Å². The summed E-state index contributed by atoms with van der Waals surface area (Å²) in [6, 6.07) is 0. The van der Waals surface area contributed by atoms with E-state index >= 15 is 0 Å². The first-order valence-corrected chi connectivity index (χ1v) is 8.12. The van der Waals surface area contributed by atoms with Gasteiger partial charge in [-0.3, -0.25) is 4.79 Å². The Morgan fingerprint density at radius 1 is 0.840 bits per heavy atom. The summed E-state index contributed by atoms with van der Waals surface area (Å²) in [4.78, 5) is 11.1. The van der Waals surface area contributed by atoms with E-state index in [2.05, 4.69) is 6.92 Å². The first-order valence-electron chi connectivity index (χ1n) is 8.12. The summed E-state index contributed by atoms with van der Waals surface area (Å²) in [7, 11) is 0. The van der Waals surface area contributed by atoms with Gasteiger partial charge in [-0.25, -0.2) is 8.78 Å². The van der Waals surface area contributed by atoms with Gasteiger partial charge in [-0.05, 0) is 6.42 Å². The highest BCUT2D eigenvalue weighted by Crippen LogP contribution is 2.48. The number of alkyl halides is 8. The van der Waals surface area contributed by atoms with Crippen LogP contribution in [0.2, 0.25) is 0 Å². The summed E-state index contributed by atoms with van der Waals surface area (Å²) in [6.07, 6.45) is 1.55. The lowest BCUT2D eigenvalue weighted by atomic mass is 10.0. The predicted molar refractivity (Wildman–Crippen MR) is 76.5 cm³/mol. The van der Waals surface area contributed by atoms with Crippen LogP contribution in [0.1, 0.15) is 58.3 Å². The number of nitrogens with one attached hydrogen (secondary N) is 1. The normalized spacial score (nSPS) is 13.4. The summed E-state index contributed by atoms with van der Waals surface area (Å²) in [5.41, 5.74) is 0. The maximum atomic E-state index is 13.2. The fraction of sp³-hybridized carbons (Fsp3) is 0.933. The van der Waals surface area contributed by atoms with Crippen LogP contribution in [-0.4, -0.2) is 36.6 Å². The molecule has 0 fully saturated rings. The molecule has 0 saturated heterocycles. The lowest BCUT2D eigenvalue weighted by Gasteiger charge is -2.31. The summed E-state index contributed by atoms with van der Waals surface area (Å²) >= 11 is 0. The molecule has 0 aliphatic rings. The van der Waals surface area contributed by atoms with Crippen molar-refractivity contribution in [3.8, 4) is 0 Å². The molecule has 10 heteroatoms. The summed E-state index contributed by atoms with van der Waals surface area (Å²) in [5.74, 6) is -21.5. The molecule has 150 valence electrons. The number of carbonyl (C=O) groups is 1. The van der Waals surface area contributed by atoms with Gasteiger partial charge in [0, 0.05) is 6.54 Å². The van der Waals surface area contributed by atoms with Crippen molar-refractivity contribution >= 4 is 5.91 Å². The highest BCUT2D eigenvalue weighted by atomic mass is 19.4. The van der Waals surface area contributed by atoms with Crippen molar-refractivity contribution in [2.24, 2.45) is 0 Å². The molecule has 2 nitrogen and oxygen atoms in total. The maximum Gasteiger partial charge on any atom is 0.392 e. The number of carbonyl (C=O) groups excluding carboxylic acids is 1. The monoisotopic (exact) mass is 385 g/mol. The van der Waals surface area contributed by atoms with Crippen LogP contribution in [0.15, 0.2) is 0 Å². The lowest BCUT2D eigenvalue weighted by molar-refractivity contribution is -0.327. The smallest absolute Gasteiger partial charge is 0.351 e. The van der Waals surface area contributed by atoms with Crippen LogP contribution in [-0.2, 0) is 4.79 Å². The maximum absolute atomic E-state index is 13.2. The zero-order valence-electron chi connectivity index (χ0n) is 13.9. The second-order valence-electron chi connectivity index (χ2n) is 5.80. The second kappa shape index (κ2) is 10.2. The van der Waals surface area contributed by atoms with Crippen LogP contribution in [0.3, 0.4) is 0 Å². The Kier molecular flexibility index (Phi) is 9.71. The van der Waals surface area contributed by atoms with E-state index in [0.717, 1.165) is 38.5 Å². The van der Waals surface area contributed by atoms with Crippen molar-refractivity contribution in [3.63, 3.8) is 0 Å². The quantitative estimate of drug-likeness (QED) is 0.333. The molecule has 0 aromatic heterocycles. The average Bonchev–Trinajstić information content (AvgIpc) is 2.52. The fourth-order valence-electron chi connectivity index (χ4n) is 2.06. The molecular weight excluding hydrogens is 362 g/mol. The first kappa shape index (κ1) is 23.9. The summed E-state index contributed by atoms with van der Waals surface area (Å²) in [6.45, 7) is 1.62. The largest absolute Gasteiger partial charge is 0.392 e. The third-order valence-electron chi connectivity index (χ3n) is 3.69. The van der Waals surface area contributed by atoms with Crippen LogP contribution >= 0.6 is 0 Å². The molecule has 25 heavy (non-hydrogen) atoms. The molecule has 0 aliphatic carbocycles. The molecule has 0 heterocycles. The molecule has 0 radical (unpaired) electrons. The Balaban J connectivity index is 4.32. The van der Waals surface area contributed by atoms with Gasteiger partial charge in [0.1, 0.15) is 0 Å². The molecule has 0 bridgehead atoms. The standard InChI is InChI=1S/C15H23F8NO/c1-2-3-4-5-6-7-8-9-10-24-12(25)14(20,21)15(22,23)13(18,19)11(16)17/h11H,2-10H2,1H3,(H,24,25). The number of rotatable bonds is 13. The van der Waals surface area contributed by atoms with Crippen molar-refractivity contribution < 1.29 is 39.9 Å². The number of unbranched alkanes of at least 4 members (excludes halogenated alkanes) is 7. The number of hydrogen-bond acceptors (Lipinski definition) is 1. The Labute approximate surface area is 141 Å². The Morgan fingerprint density at radius 2 is 1.28 bits per heavy atom. The van der Waals surface area contributed by atoms with Gasteiger partial charge in [0.25, 0.3) is 5.91 Å². The zero-order chi connectivity index (χ0) is 19.7. The van der Waals surface area contributed by atoms with Crippen LogP contribution in [0.25, 0.3) is 0 Å². The van der Waals surface area contributed by atoms with E-state index in [1.807, 2.05) is 0 Å². The van der Waals surface area contributed by atoms with Gasteiger partial charge in [-0.2, -0.15) is 26.3 Å². The van der Waals surface area contributed by atoms with E-state index in [9.17, 15) is 39.9 Å². The third-order valence-corrected chi connectivity index (χ3v) is 3.69. The minimum absolute atomic E-state index is 0.187. The molecule has 0 spiro atoms. The summed E-state index contributed by atoms with van der Waals surface area (Å²) < 4.78 is 102. The van der Waals surface area contributed by atoms with E-state index < -0.39 is 36.6 Å². The minimum atomic E-state index is -6.50. The number of halogens is 8. The molecule has 0 atom stereocenters. The molecule has 0 aromatic carbocycles. The molecule has 0 saturated carbocycles. The van der Waals surface area contributed by atoms with Crippen molar-refractivity contribution in [3.05, 3.63) is 0 Å². The van der Waals surface area contributed by atoms with Crippen LogP contribution in [0, 0.1) is 0 Å². The van der Waals surface area contributed by atoms with Crippen LogP contribution in [0.4, 0.5) is 35.1 Å². The molecule has 0 aliphatic heterocycles. The fourth-order valence-corrected chi connectivity index (χ4v) is 2.06. The van der Waals surface area contributed by atoms with Gasteiger partial charge < -0.3 is 5.32 Å². The molecule has 0 aromatic rings. The average molecular weight is 385 g/mol. The second-order valence-corrected chi connectivity index (χ2v) is 5.80. The molecule has 0 rings (SSSR count). The van der Waals surface area contributed by atoms with E-state index in [1.165, 1.54) is 5.32 Å². The Morgan fingerprint density at radius 3 is 1.72 bits per heavy atom. The highest BCUT2D eigenvalue weighted by molar-refractivity contribution is 5.84. The Bertz CT molecular complexity index is 401. The molecule has 1 N–H and O–H groups in total. The molecular formula is C15H23F8NO. The van der Waals surface area contributed by atoms with Gasteiger partial charge in [0.05, 0.1) is 0 Å². The highest BCUT2D eigenvalue weighted by Gasteiger charge is 2.78. The van der Waals surface area contributed by atoms with Gasteiger partial charge in [0.2, 0.25) is 0 Å². The van der Waals surface area contributed by atoms with Gasteiger partial charge in [-0.1, -0.05) is 51.9 Å². The van der Waals surface area contributed by atoms with Crippen LogP contribution in [0.5, 0.6) is 0 Å². The lowest BCUT2D eigenvalue weighted by Crippen LogP contribution is -2.63. The third kappa shape index (κ3) is 6.29. The summed E-state index contributed by atoms with van der Waals surface area (Å²) in [5, 5.41) is 1.40. The Hall–Kier alpha value is -1.09. The number of amides is 1. The van der Waals surface area contributed by atoms with E-state index in [0.29, 0.717) is 6.42 Å². The van der Waals surface area contributed by atoms with Crippen molar-refractivity contribution in [1.82, 2.24) is 5.32 Å². The topological polar surface area (TPSA) is 29.1 Å². The SMILES string of the molecule is CCCCCCCCCCNC(=O)C(F)(F)C(F)(F)C(F)(F)C(F)F. The van der Waals surface area contributed by atoms with Gasteiger partial charge in [0.15, 0.2) is 0 Å². The zero-order valence-corrected chi connectivity index (χ0v) is 13.9. The van der Waals surface area contributed by atoms with E-state index in [-0.39, 0.29) is 6.42 Å². The van der Waals surface area contributed by atoms with Crippen molar-refractivity contribution in [1.29, 1.82) is 0 Å². The molecule has 0 unspecified atom stereocenters.